The lowest BCUT2D eigenvalue weighted by atomic mass is 10.1. The van der Waals surface area contributed by atoms with Crippen LogP contribution in [0.25, 0.3) is 5.69 Å². The van der Waals surface area contributed by atoms with E-state index in [1.165, 1.54) is 0 Å². The molecule has 0 aliphatic carbocycles. The van der Waals surface area contributed by atoms with E-state index >= 15 is 0 Å². The minimum atomic E-state index is 0.664. The highest BCUT2D eigenvalue weighted by molar-refractivity contribution is 9.08. The average molecular weight is 318 g/mol. The number of nitrogens with zero attached hydrogens (tertiary/aromatic N) is 3. The molecule has 2 rings (SSSR count). The molecule has 0 saturated heterocycles. The molecule has 19 heavy (non-hydrogen) atoms. The van der Waals surface area contributed by atoms with Gasteiger partial charge in [0.2, 0.25) is 0 Å². The van der Waals surface area contributed by atoms with E-state index in [9.17, 15) is 5.26 Å². The summed E-state index contributed by atoms with van der Waals surface area (Å²) in [6.07, 6.45) is 1.80. The molecule has 98 valence electrons. The summed E-state index contributed by atoms with van der Waals surface area (Å²) < 4.78 is 1.90. The van der Waals surface area contributed by atoms with Crippen LogP contribution in [0.5, 0.6) is 0 Å². The van der Waals surface area contributed by atoms with Crippen molar-refractivity contribution < 1.29 is 0 Å². The molecular weight excluding hydrogens is 302 g/mol. The van der Waals surface area contributed by atoms with E-state index in [0.29, 0.717) is 5.56 Å². The molecule has 1 heterocycles. The molecule has 0 bridgehead atoms. The summed E-state index contributed by atoms with van der Waals surface area (Å²) in [6.45, 7) is 4.19. The summed E-state index contributed by atoms with van der Waals surface area (Å²) in [6, 6.07) is 10.3. The number of aryl methyl sites for hydroxylation is 2. The molecule has 0 spiro atoms. The van der Waals surface area contributed by atoms with Gasteiger partial charge in [0, 0.05) is 11.0 Å². The summed E-state index contributed by atoms with van der Waals surface area (Å²) in [7, 11) is 0. The first-order valence-corrected chi connectivity index (χ1v) is 7.52. The Morgan fingerprint density at radius 2 is 2.05 bits per heavy atom. The first-order valence-electron chi connectivity index (χ1n) is 6.40. The van der Waals surface area contributed by atoms with E-state index in [4.69, 9.17) is 0 Å². The molecule has 1 aromatic heterocycles. The average Bonchev–Trinajstić information content (AvgIpc) is 2.89. The van der Waals surface area contributed by atoms with Gasteiger partial charge in [0.25, 0.3) is 0 Å². The van der Waals surface area contributed by atoms with Crippen molar-refractivity contribution in [2.45, 2.75) is 32.0 Å². The first-order chi connectivity index (χ1) is 9.23. The van der Waals surface area contributed by atoms with E-state index in [1.54, 1.807) is 0 Å². The molecule has 3 nitrogen and oxygen atoms in total. The highest BCUT2D eigenvalue weighted by Gasteiger charge is 2.11. The van der Waals surface area contributed by atoms with Gasteiger partial charge in [-0.3, -0.25) is 0 Å². The largest absolute Gasteiger partial charge is 0.236 e. The second kappa shape index (κ2) is 6.03. The van der Waals surface area contributed by atoms with Crippen LogP contribution in [0.1, 0.15) is 36.4 Å². The van der Waals surface area contributed by atoms with Crippen LogP contribution in [0.2, 0.25) is 0 Å². The van der Waals surface area contributed by atoms with Crippen molar-refractivity contribution in [2.75, 3.05) is 0 Å². The minimum Gasteiger partial charge on any atom is -0.236 e. The number of rotatable bonds is 4. The maximum absolute atomic E-state index is 9.32. The van der Waals surface area contributed by atoms with E-state index in [2.05, 4.69) is 47.0 Å². The van der Waals surface area contributed by atoms with Crippen LogP contribution in [-0.4, -0.2) is 9.78 Å². The van der Waals surface area contributed by atoms with E-state index < -0.39 is 0 Å². The quantitative estimate of drug-likeness (QED) is 0.805. The van der Waals surface area contributed by atoms with Crippen molar-refractivity contribution in [3.8, 4) is 11.8 Å². The maximum Gasteiger partial charge on any atom is 0.101 e. The van der Waals surface area contributed by atoms with Gasteiger partial charge in [-0.25, -0.2) is 4.68 Å². The van der Waals surface area contributed by atoms with E-state index in [1.807, 2.05) is 22.9 Å². The third-order valence-electron chi connectivity index (χ3n) is 3.12. The van der Waals surface area contributed by atoms with Crippen LogP contribution in [0.3, 0.4) is 0 Å². The van der Waals surface area contributed by atoms with Gasteiger partial charge in [-0.15, -0.1) is 0 Å². The lowest BCUT2D eigenvalue weighted by Gasteiger charge is -2.09. The number of alkyl halides is 1. The van der Waals surface area contributed by atoms with Crippen LogP contribution >= 0.6 is 15.9 Å². The monoisotopic (exact) mass is 317 g/mol. The molecule has 0 atom stereocenters. The molecule has 0 unspecified atom stereocenters. The van der Waals surface area contributed by atoms with E-state index in [0.717, 1.165) is 40.8 Å². The number of benzene rings is 1. The van der Waals surface area contributed by atoms with Gasteiger partial charge in [0.1, 0.15) is 6.07 Å². The van der Waals surface area contributed by atoms with Crippen LogP contribution < -0.4 is 0 Å². The lowest BCUT2D eigenvalue weighted by Crippen LogP contribution is -2.04. The zero-order chi connectivity index (χ0) is 13.8. The summed E-state index contributed by atoms with van der Waals surface area (Å²) in [4.78, 5) is 0. The maximum atomic E-state index is 9.32. The standard InChI is InChI=1S/C15H16BrN3/c1-3-13-8-14(4-2)19(18-13)15-6-5-11(9-16)7-12(15)10-17/h5-8H,3-4,9H2,1-2H3. The third-order valence-corrected chi connectivity index (χ3v) is 3.77. The topological polar surface area (TPSA) is 41.6 Å². The Bertz CT molecular complexity index is 623. The number of hydrogen-bond acceptors (Lipinski definition) is 2. The Balaban J connectivity index is 2.58. The Morgan fingerprint density at radius 1 is 1.26 bits per heavy atom. The van der Waals surface area contributed by atoms with Gasteiger partial charge in [-0.2, -0.15) is 10.4 Å². The number of aromatic nitrogens is 2. The zero-order valence-corrected chi connectivity index (χ0v) is 12.7. The van der Waals surface area contributed by atoms with Gasteiger partial charge in [0.05, 0.1) is 16.9 Å². The highest BCUT2D eigenvalue weighted by Crippen LogP contribution is 2.20. The second-order valence-corrected chi connectivity index (χ2v) is 4.90. The van der Waals surface area contributed by atoms with Crippen molar-refractivity contribution in [1.29, 1.82) is 5.26 Å². The van der Waals surface area contributed by atoms with Gasteiger partial charge < -0.3 is 0 Å². The van der Waals surface area contributed by atoms with E-state index in [-0.39, 0.29) is 0 Å². The lowest BCUT2D eigenvalue weighted by molar-refractivity contribution is 0.792. The summed E-state index contributed by atoms with van der Waals surface area (Å²) in [5.74, 6) is 0. The third kappa shape index (κ3) is 2.71. The molecule has 0 fully saturated rings. The molecule has 1 aromatic carbocycles. The Morgan fingerprint density at radius 3 is 2.63 bits per heavy atom. The highest BCUT2D eigenvalue weighted by atomic mass is 79.9. The van der Waals surface area contributed by atoms with Gasteiger partial charge in [0.15, 0.2) is 0 Å². The van der Waals surface area contributed by atoms with Gasteiger partial charge >= 0.3 is 0 Å². The van der Waals surface area contributed by atoms with Crippen LogP contribution in [0.4, 0.5) is 0 Å². The molecule has 0 radical (unpaired) electrons. The number of hydrogen-bond donors (Lipinski definition) is 0. The number of nitriles is 1. The second-order valence-electron chi connectivity index (χ2n) is 4.34. The predicted octanol–water partition coefficient (Wildman–Crippen LogP) is 3.76. The number of halogens is 1. The summed E-state index contributed by atoms with van der Waals surface area (Å²) in [5.41, 5.74) is 4.83. The zero-order valence-electron chi connectivity index (χ0n) is 11.2. The molecular formula is C15H16BrN3. The van der Waals surface area contributed by atoms with Crippen molar-refractivity contribution in [2.24, 2.45) is 0 Å². The van der Waals surface area contributed by atoms with Crippen LogP contribution in [0.15, 0.2) is 24.3 Å². The smallest absolute Gasteiger partial charge is 0.101 e. The Hall–Kier alpha value is -1.60. The molecule has 0 N–H and O–H groups in total. The molecule has 0 amide bonds. The Kier molecular flexibility index (Phi) is 4.39. The van der Waals surface area contributed by atoms with Gasteiger partial charge in [-0.05, 0) is 36.6 Å². The predicted molar refractivity (Wildman–Crippen MR) is 79.7 cm³/mol. The molecule has 0 aliphatic rings. The van der Waals surface area contributed by atoms with Crippen molar-refractivity contribution in [3.05, 3.63) is 46.8 Å². The minimum absolute atomic E-state index is 0.664. The van der Waals surface area contributed by atoms with Crippen molar-refractivity contribution in [1.82, 2.24) is 9.78 Å². The molecule has 4 heteroatoms. The fourth-order valence-corrected chi connectivity index (χ4v) is 2.40. The Labute approximate surface area is 122 Å². The molecule has 0 saturated carbocycles. The SMILES string of the molecule is CCc1cc(CC)n(-c2ccc(CBr)cc2C#N)n1. The summed E-state index contributed by atoms with van der Waals surface area (Å²) in [5, 5.41) is 14.7. The fourth-order valence-electron chi connectivity index (χ4n) is 2.05. The molecule has 0 aliphatic heterocycles. The molecule has 2 aromatic rings. The van der Waals surface area contributed by atoms with Crippen molar-refractivity contribution >= 4 is 15.9 Å². The first kappa shape index (κ1) is 13.8. The van der Waals surface area contributed by atoms with Gasteiger partial charge in [-0.1, -0.05) is 35.8 Å². The van der Waals surface area contributed by atoms with Crippen LogP contribution in [-0.2, 0) is 18.2 Å². The van der Waals surface area contributed by atoms with Crippen molar-refractivity contribution in [3.63, 3.8) is 0 Å². The normalized spacial score (nSPS) is 10.4. The summed E-state index contributed by atoms with van der Waals surface area (Å²) >= 11 is 3.41. The fraction of sp³-hybridized carbons (Fsp3) is 0.333. The van der Waals surface area contributed by atoms with Crippen LogP contribution in [0, 0.1) is 11.3 Å².